The number of aliphatic carboxylic acids is 1. The molecule has 1 unspecified atom stereocenters. The molecule has 0 saturated heterocycles. The van der Waals surface area contributed by atoms with Gasteiger partial charge in [0.2, 0.25) is 0 Å². The monoisotopic (exact) mass is 246 g/mol. The van der Waals surface area contributed by atoms with Gasteiger partial charge in [0.15, 0.2) is 6.29 Å². The molecule has 0 aromatic carbocycles. The molecule has 0 aliphatic rings. The molecule has 0 rings (SSSR count). The molecular weight excluding hydrogens is 220 g/mol. The first-order valence-corrected chi connectivity index (χ1v) is 6.60. The third-order valence-electron chi connectivity index (χ3n) is 3.37. The Bertz CT molecular complexity index is 215. The second kappa shape index (κ2) is 8.48. The van der Waals surface area contributed by atoms with E-state index in [0.29, 0.717) is 19.3 Å². The number of aliphatic hydroxyl groups excluding tert-OH is 1. The highest BCUT2D eigenvalue weighted by atomic mass is 16.5. The summed E-state index contributed by atoms with van der Waals surface area (Å²) >= 11 is 0. The number of aliphatic hydroxyl groups is 2. The predicted molar refractivity (Wildman–Crippen MR) is 66.6 cm³/mol. The lowest BCUT2D eigenvalue weighted by molar-refractivity contribution is -0.185. The number of unbranched alkanes of at least 4 members (excludes halogenated alkanes) is 4. The Hall–Kier alpha value is -0.610. The molecule has 102 valence electrons. The van der Waals surface area contributed by atoms with Crippen molar-refractivity contribution >= 4 is 5.97 Å². The zero-order valence-electron chi connectivity index (χ0n) is 11.0. The number of carboxylic acids is 1. The number of carboxylic acid groups (broad SMARTS) is 1. The minimum Gasteiger partial charge on any atom is -0.481 e. The number of carbonyl (C=O) groups is 1. The van der Waals surface area contributed by atoms with Crippen LogP contribution < -0.4 is 0 Å². The number of hydrogen-bond acceptors (Lipinski definition) is 3. The first-order chi connectivity index (χ1) is 8.01. The molecule has 3 N–H and O–H groups in total. The quantitative estimate of drug-likeness (QED) is 0.409. The lowest BCUT2D eigenvalue weighted by atomic mass is 9.77. The molecule has 17 heavy (non-hydrogen) atoms. The topological polar surface area (TPSA) is 77.8 Å². The Balaban J connectivity index is 4.50. The van der Waals surface area contributed by atoms with Gasteiger partial charge in [-0.15, -0.1) is 0 Å². The van der Waals surface area contributed by atoms with Crippen LogP contribution in [0, 0.1) is 5.41 Å². The van der Waals surface area contributed by atoms with Crippen molar-refractivity contribution in [3.8, 4) is 0 Å². The zero-order valence-corrected chi connectivity index (χ0v) is 11.0. The van der Waals surface area contributed by atoms with Gasteiger partial charge < -0.3 is 15.3 Å². The van der Waals surface area contributed by atoms with Crippen molar-refractivity contribution in [2.45, 2.75) is 71.5 Å². The van der Waals surface area contributed by atoms with Gasteiger partial charge in [-0.1, -0.05) is 52.4 Å². The van der Waals surface area contributed by atoms with E-state index in [4.69, 9.17) is 0 Å². The van der Waals surface area contributed by atoms with Gasteiger partial charge in [0.1, 0.15) is 5.41 Å². The summed E-state index contributed by atoms with van der Waals surface area (Å²) in [5, 5.41) is 28.0. The summed E-state index contributed by atoms with van der Waals surface area (Å²) in [6, 6.07) is 0. The number of rotatable bonds is 10. The van der Waals surface area contributed by atoms with Crippen LogP contribution in [0.5, 0.6) is 0 Å². The fraction of sp³-hybridized carbons (Fsp3) is 0.923. The van der Waals surface area contributed by atoms with E-state index in [1.54, 1.807) is 0 Å². The van der Waals surface area contributed by atoms with Crippen LogP contribution in [0.3, 0.4) is 0 Å². The fourth-order valence-electron chi connectivity index (χ4n) is 2.07. The van der Waals surface area contributed by atoms with Crippen LogP contribution in [0.15, 0.2) is 0 Å². The van der Waals surface area contributed by atoms with E-state index in [0.717, 1.165) is 32.1 Å². The van der Waals surface area contributed by atoms with Crippen LogP contribution in [-0.2, 0) is 4.79 Å². The minimum atomic E-state index is -1.77. The Morgan fingerprint density at radius 1 is 1.00 bits per heavy atom. The predicted octanol–water partition coefficient (Wildman–Crippen LogP) is 2.53. The maximum Gasteiger partial charge on any atom is 0.314 e. The SMILES string of the molecule is CCCCCCC(CCCC)(C(=O)O)C(O)O. The highest BCUT2D eigenvalue weighted by Gasteiger charge is 2.43. The van der Waals surface area contributed by atoms with Gasteiger partial charge in [-0.25, -0.2) is 0 Å². The first-order valence-electron chi connectivity index (χ1n) is 6.60. The lowest BCUT2D eigenvalue weighted by Crippen LogP contribution is -2.42. The molecule has 0 aliphatic heterocycles. The van der Waals surface area contributed by atoms with Crippen LogP contribution in [0.1, 0.15) is 65.2 Å². The Morgan fingerprint density at radius 2 is 1.53 bits per heavy atom. The largest absolute Gasteiger partial charge is 0.481 e. The maximum absolute atomic E-state index is 11.3. The van der Waals surface area contributed by atoms with E-state index >= 15 is 0 Å². The van der Waals surface area contributed by atoms with Crippen LogP contribution in [0.25, 0.3) is 0 Å². The molecule has 0 bridgehead atoms. The summed E-state index contributed by atoms with van der Waals surface area (Å²) in [4.78, 5) is 11.3. The van der Waals surface area contributed by atoms with E-state index in [-0.39, 0.29) is 0 Å². The van der Waals surface area contributed by atoms with Crippen LogP contribution in [0.2, 0.25) is 0 Å². The first kappa shape index (κ1) is 16.4. The maximum atomic E-state index is 11.3. The highest BCUT2D eigenvalue weighted by Crippen LogP contribution is 2.34. The summed E-state index contributed by atoms with van der Waals surface area (Å²) in [5.74, 6) is -1.09. The average molecular weight is 246 g/mol. The molecule has 0 spiro atoms. The van der Waals surface area contributed by atoms with Crippen LogP contribution >= 0.6 is 0 Å². The van der Waals surface area contributed by atoms with E-state index < -0.39 is 17.7 Å². The molecule has 0 aromatic rings. The van der Waals surface area contributed by atoms with Gasteiger partial charge in [0.25, 0.3) is 0 Å². The molecular formula is C13H26O4. The highest BCUT2D eigenvalue weighted by molar-refractivity contribution is 5.75. The zero-order chi connectivity index (χ0) is 13.3. The van der Waals surface area contributed by atoms with Gasteiger partial charge in [-0.3, -0.25) is 4.79 Å². The lowest BCUT2D eigenvalue weighted by Gasteiger charge is -2.31. The molecule has 0 aliphatic carbocycles. The van der Waals surface area contributed by atoms with Crippen molar-refractivity contribution in [3.63, 3.8) is 0 Å². The van der Waals surface area contributed by atoms with E-state index in [2.05, 4.69) is 6.92 Å². The smallest absolute Gasteiger partial charge is 0.314 e. The third-order valence-corrected chi connectivity index (χ3v) is 3.37. The van der Waals surface area contributed by atoms with Crippen molar-refractivity contribution in [2.75, 3.05) is 0 Å². The Labute approximate surface area is 104 Å². The van der Waals surface area contributed by atoms with Crippen molar-refractivity contribution in [2.24, 2.45) is 5.41 Å². The molecule has 0 radical (unpaired) electrons. The molecule has 0 aromatic heterocycles. The molecule has 0 amide bonds. The summed E-state index contributed by atoms with van der Waals surface area (Å²) < 4.78 is 0. The van der Waals surface area contributed by atoms with Crippen LogP contribution in [0.4, 0.5) is 0 Å². The van der Waals surface area contributed by atoms with Crippen molar-refractivity contribution in [1.82, 2.24) is 0 Å². The second-order valence-electron chi connectivity index (χ2n) is 4.75. The molecule has 0 heterocycles. The van der Waals surface area contributed by atoms with Crippen molar-refractivity contribution < 1.29 is 20.1 Å². The molecule has 1 atom stereocenters. The Morgan fingerprint density at radius 3 is 1.94 bits per heavy atom. The summed E-state index contributed by atoms with van der Waals surface area (Å²) in [5.41, 5.74) is -1.37. The third kappa shape index (κ3) is 5.04. The second-order valence-corrected chi connectivity index (χ2v) is 4.75. The molecule has 0 fully saturated rings. The summed E-state index contributed by atoms with van der Waals surface area (Å²) in [6.45, 7) is 4.05. The summed E-state index contributed by atoms with van der Waals surface area (Å²) in [7, 11) is 0. The minimum absolute atomic E-state index is 0.336. The fourth-order valence-corrected chi connectivity index (χ4v) is 2.07. The van der Waals surface area contributed by atoms with Gasteiger partial charge >= 0.3 is 5.97 Å². The van der Waals surface area contributed by atoms with E-state index in [1.807, 2.05) is 6.92 Å². The van der Waals surface area contributed by atoms with Crippen molar-refractivity contribution in [3.05, 3.63) is 0 Å². The standard InChI is InChI=1S/C13H26O4/c1-3-5-7-8-10-13(11(14)15,12(16)17)9-6-4-2/h11,14-15H,3-10H2,1-2H3,(H,16,17). The van der Waals surface area contributed by atoms with Gasteiger partial charge in [0.05, 0.1) is 0 Å². The normalized spacial score (nSPS) is 14.9. The number of hydrogen-bond donors (Lipinski definition) is 3. The van der Waals surface area contributed by atoms with Crippen molar-refractivity contribution in [1.29, 1.82) is 0 Å². The average Bonchev–Trinajstić information content (AvgIpc) is 2.27. The molecule has 0 saturated carbocycles. The summed E-state index contributed by atoms with van der Waals surface area (Å²) in [6.07, 6.45) is 4.30. The van der Waals surface area contributed by atoms with Gasteiger partial charge in [-0.05, 0) is 12.8 Å². The Kier molecular flexibility index (Phi) is 8.17. The van der Waals surface area contributed by atoms with Crippen LogP contribution in [-0.4, -0.2) is 27.6 Å². The van der Waals surface area contributed by atoms with E-state index in [9.17, 15) is 20.1 Å². The van der Waals surface area contributed by atoms with Gasteiger partial charge in [0, 0.05) is 0 Å². The molecule has 4 nitrogen and oxygen atoms in total. The van der Waals surface area contributed by atoms with E-state index in [1.165, 1.54) is 0 Å². The van der Waals surface area contributed by atoms with Gasteiger partial charge in [-0.2, -0.15) is 0 Å². The molecule has 4 heteroatoms.